The first kappa shape index (κ1) is 12.5. The molecule has 15 heavy (non-hydrogen) atoms. The van der Waals surface area contributed by atoms with Gasteiger partial charge in [-0.25, -0.2) is 0 Å². The summed E-state index contributed by atoms with van der Waals surface area (Å²) in [5.74, 6) is 0.694. The Morgan fingerprint density at radius 1 is 1.67 bits per heavy atom. The molecule has 0 spiro atoms. The second kappa shape index (κ2) is 6.08. The summed E-state index contributed by atoms with van der Waals surface area (Å²) in [7, 11) is 2.13. The van der Waals surface area contributed by atoms with E-state index in [1.165, 1.54) is 19.4 Å². The fraction of sp³-hybridized carbons (Fsp3) is 0.909. The van der Waals surface area contributed by atoms with E-state index in [2.05, 4.69) is 17.3 Å². The van der Waals surface area contributed by atoms with Gasteiger partial charge < -0.3 is 16.0 Å². The Labute approximate surface area is 92.2 Å². The van der Waals surface area contributed by atoms with E-state index in [1.54, 1.807) is 0 Å². The number of carbonyl (C=O) groups excluding carboxylic acids is 1. The van der Waals surface area contributed by atoms with Crippen molar-refractivity contribution in [3.8, 4) is 0 Å². The van der Waals surface area contributed by atoms with Gasteiger partial charge in [0.1, 0.15) is 0 Å². The molecule has 4 heteroatoms. The number of nitrogens with two attached hydrogens (primary N) is 1. The minimum Gasteiger partial charge on any atom is -0.356 e. The lowest BCUT2D eigenvalue weighted by Crippen LogP contribution is -2.40. The lowest BCUT2D eigenvalue weighted by Gasteiger charge is -2.29. The number of nitrogens with zero attached hydrogens (tertiary/aromatic N) is 1. The van der Waals surface area contributed by atoms with Crippen LogP contribution in [0.3, 0.4) is 0 Å². The molecule has 1 amide bonds. The zero-order valence-electron chi connectivity index (χ0n) is 9.83. The molecule has 1 aliphatic rings. The number of rotatable bonds is 4. The molecule has 0 bridgehead atoms. The molecule has 2 unspecified atom stereocenters. The minimum atomic E-state index is -0.0426. The highest BCUT2D eigenvalue weighted by atomic mass is 16.1. The number of hydrogen-bond acceptors (Lipinski definition) is 3. The van der Waals surface area contributed by atoms with Crippen LogP contribution in [-0.4, -0.2) is 43.5 Å². The topological polar surface area (TPSA) is 58.4 Å². The van der Waals surface area contributed by atoms with Crippen molar-refractivity contribution in [2.45, 2.75) is 32.2 Å². The minimum absolute atomic E-state index is 0.0426. The van der Waals surface area contributed by atoms with Gasteiger partial charge in [0.2, 0.25) is 5.91 Å². The maximum atomic E-state index is 11.4. The van der Waals surface area contributed by atoms with Crippen LogP contribution in [0.5, 0.6) is 0 Å². The Bertz CT molecular complexity index is 206. The highest BCUT2D eigenvalue weighted by molar-refractivity contribution is 5.76. The molecule has 3 N–H and O–H groups in total. The first-order valence-corrected chi connectivity index (χ1v) is 5.78. The predicted molar refractivity (Wildman–Crippen MR) is 61.5 cm³/mol. The van der Waals surface area contributed by atoms with Gasteiger partial charge in [-0.05, 0) is 39.3 Å². The van der Waals surface area contributed by atoms with Gasteiger partial charge in [-0.3, -0.25) is 4.79 Å². The molecule has 1 fully saturated rings. The number of hydrogen-bond donors (Lipinski definition) is 2. The average molecular weight is 213 g/mol. The van der Waals surface area contributed by atoms with Crippen LogP contribution in [0, 0.1) is 5.92 Å². The Hall–Kier alpha value is -0.610. The van der Waals surface area contributed by atoms with Crippen LogP contribution in [0.25, 0.3) is 0 Å². The Balaban J connectivity index is 2.16. The van der Waals surface area contributed by atoms with E-state index in [0.717, 1.165) is 13.1 Å². The maximum Gasteiger partial charge on any atom is 0.221 e. The summed E-state index contributed by atoms with van der Waals surface area (Å²) in [4.78, 5) is 13.7. The Morgan fingerprint density at radius 3 is 3.00 bits per heavy atom. The molecule has 0 aromatic heterocycles. The van der Waals surface area contributed by atoms with Crippen molar-refractivity contribution in [1.82, 2.24) is 10.2 Å². The largest absolute Gasteiger partial charge is 0.356 e. The molecule has 0 saturated carbocycles. The summed E-state index contributed by atoms with van der Waals surface area (Å²) in [5.41, 5.74) is 5.56. The van der Waals surface area contributed by atoms with Gasteiger partial charge in [-0.2, -0.15) is 0 Å². The number of likely N-dealkylation sites (tertiary alicyclic amines) is 1. The average Bonchev–Trinajstić information content (AvgIpc) is 2.14. The Kier molecular flexibility index (Phi) is 5.05. The van der Waals surface area contributed by atoms with Crippen LogP contribution in [0.1, 0.15) is 26.2 Å². The van der Waals surface area contributed by atoms with E-state index >= 15 is 0 Å². The molecular weight excluding hydrogens is 190 g/mol. The third-order valence-electron chi connectivity index (χ3n) is 2.82. The van der Waals surface area contributed by atoms with E-state index < -0.39 is 0 Å². The van der Waals surface area contributed by atoms with Crippen molar-refractivity contribution < 1.29 is 4.79 Å². The van der Waals surface area contributed by atoms with Crippen molar-refractivity contribution >= 4 is 5.91 Å². The number of nitrogens with one attached hydrogen (secondary N) is 1. The quantitative estimate of drug-likeness (QED) is 0.700. The first-order valence-electron chi connectivity index (χ1n) is 5.78. The van der Waals surface area contributed by atoms with Gasteiger partial charge in [-0.1, -0.05) is 0 Å². The van der Waals surface area contributed by atoms with E-state index in [-0.39, 0.29) is 11.9 Å². The van der Waals surface area contributed by atoms with Crippen LogP contribution in [0.15, 0.2) is 0 Å². The normalized spacial score (nSPS) is 24.9. The zero-order chi connectivity index (χ0) is 11.3. The molecule has 0 aromatic rings. The summed E-state index contributed by atoms with van der Waals surface area (Å²) in [6, 6.07) is -0.0426. The van der Waals surface area contributed by atoms with E-state index in [4.69, 9.17) is 5.73 Å². The van der Waals surface area contributed by atoms with Crippen molar-refractivity contribution in [3.63, 3.8) is 0 Å². The molecule has 1 rings (SSSR count). The fourth-order valence-electron chi connectivity index (χ4n) is 2.06. The van der Waals surface area contributed by atoms with Crippen molar-refractivity contribution in [1.29, 1.82) is 0 Å². The third-order valence-corrected chi connectivity index (χ3v) is 2.82. The van der Waals surface area contributed by atoms with E-state index in [9.17, 15) is 4.79 Å². The maximum absolute atomic E-state index is 11.4. The summed E-state index contributed by atoms with van der Waals surface area (Å²) < 4.78 is 0. The summed E-state index contributed by atoms with van der Waals surface area (Å²) in [6.45, 7) is 4.94. The first-order chi connectivity index (χ1) is 7.08. The van der Waals surface area contributed by atoms with E-state index in [0.29, 0.717) is 12.3 Å². The molecule has 1 heterocycles. The summed E-state index contributed by atoms with van der Waals surface area (Å²) >= 11 is 0. The van der Waals surface area contributed by atoms with Gasteiger partial charge in [0.05, 0.1) is 0 Å². The summed E-state index contributed by atoms with van der Waals surface area (Å²) in [6.07, 6.45) is 2.90. The van der Waals surface area contributed by atoms with Crippen LogP contribution < -0.4 is 11.1 Å². The van der Waals surface area contributed by atoms with Gasteiger partial charge in [-0.15, -0.1) is 0 Å². The molecule has 0 aromatic carbocycles. The van der Waals surface area contributed by atoms with Crippen LogP contribution >= 0.6 is 0 Å². The fourth-order valence-corrected chi connectivity index (χ4v) is 2.06. The van der Waals surface area contributed by atoms with Crippen LogP contribution in [0.4, 0.5) is 0 Å². The molecule has 88 valence electrons. The van der Waals surface area contributed by atoms with Gasteiger partial charge in [0.25, 0.3) is 0 Å². The molecule has 0 radical (unpaired) electrons. The molecule has 0 aliphatic carbocycles. The molecule has 2 atom stereocenters. The van der Waals surface area contributed by atoms with Gasteiger partial charge in [0.15, 0.2) is 0 Å². The second-order valence-corrected chi connectivity index (χ2v) is 4.76. The Morgan fingerprint density at radius 2 is 2.40 bits per heavy atom. The number of amides is 1. The lowest BCUT2D eigenvalue weighted by molar-refractivity contribution is -0.121. The third kappa shape index (κ3) is 5.14. The highest BCUT2D eigenvalue weighted by Gasteiger charge is 2.17. The molecule has 1 aliphatic heterocycles. The standard InChI is InChI=1S/C11H23N3O/c1-9(12)6-11(15)13-7-10-4-3-5-14(2)8-10/h9-10H,3-8,12H2,1-2H3,(H,13,15). The monoisotopic (exact) mass is 213 g/mol. The predicted octanol–water partition coefficient (Wildman–Crippen LogP) is 0.182. The molecule has 1 saturated heterocycles. The van der Waals surface area contributed by atoms with Crippen molar-refractivity contribution in [2.24, 2.45) is 11.7 Å². The smallest absolute Gasteiger partial charge is 0.221 e. The van der Waals surface area contributed by atoms with Crippen LogP contribution in [-0.2, 0) is 4.79 Å². The lowest BCUT2D eigenvalue weighted by atomic mass is 9.98. The molecule has 4 nitrogen and oxygen atoms in total. The van der Waals surface area contributed by atoms with Crippen molar-refractivity contribution in [2.75, 3.05) is 26.7 Å². The second-order valence-electron chi connectivity index (χ2n) is 4.76. The zero-order valence-corrected chi connectivity index (χ0v) is 9.83. The van der Waals surface area contributed by atoms with E-state index in [1.807, 2.05) is 6.92 Å². The van der Waals surface area contributed by atoms with Crippen LogP contribution in [0.2, 0.25) is 0 Å². The van der Waals surface area contributed by atoms with Crippen molar-refractivity contribution in [3.05, 3.63) is 0 Å². The van der Waals surface area contributed by atoms with Gasteiger partial charge in [0, 0.05) is 25.6 Å². The summed E-state index contributed by atoms with van der Waals surface area (Å²) in [5, 5.41) is 2.96. The SMILES string of the molecule is CC(N)CC(=O)NCC1CCCN(C)C1. The molecular formula is C11H23N3O. The number of carbonyl (C=O) groups is 1. The van der Waals surface area contributed by atoms with Gasteiger partial charge >= 0.3 is 0 Å². The highest BCUT2D eigenvalue weighted by Crippen LogP contribution is 2.13. The number of piperidine rings is 1.